The summed E-state index contributed by atoms with van der Waals surface area (Å²) in [5.74, 6) is 0.0258. The number of aryl methyl sites for hydroxylation is 1. The second-order valence-electron chi connectivity index (χ2n) is 7.38. The second kappa shape index (κ2) is 7.68. The maximum Gasteiger partial charge on any atom is 0.254 e. The molecule has 1 amide bonds. The van der Waals surface area contributed by atoms with Crippen LogP contribution in [0.15, 0.2) is 67.1 Å². The van der Waals surface area contributed by atoms with Crippen LogP contribution in [-0.2, 0) is 4.74 Å². The van der Waals surface area contributed by atoms with Crippen LogP contribution in [0.1, 0.15) is 27.7 Å². The highest BCUT2D eigenvalue weighted by molar-refractivity contribution is 5.95. The smallest absolute Gasteiger partial charge is 0.254 e. The van der Waals surface area contributed by atoms with Crippen LogP contribution in [0.5, 0.6) is 0 Å². The molecule has 3 aromatic heterocycles. The number of carbonyl (C=O) groups is 1. The van der Waals surface area contributed by atoms with Gasteiger partial charge in [-0.25, -0.2) is 4.52 Å². The number of rotatable bonds is 3. The van der Waals surface area contributed by atoms with E-state index in [1.165, 1.54) is 0 Å². The lowest BCUT2D eigenvalue weighted by Gasteiger charge is -2.32. The van der Waals surface area contributed by atoms with E-state index in [4.69, 9.17) is 4.74 Å². The van der Waals surface area contributed by atoms with Crippen LogP contribution in [0, 0.1) is 6.92 Å². The molecule has 0 aliphatic carbocycles. The Morgan fingerprint density at radius 1 is 1.07 bits per heavy atom. The minimum Gasteiger partial charge on any atom is -0.368 e. The van der Waals surface area contributed by atoms with Gasteiger partial charge in [0.1, 0.15) is 11.8 Å². The van der Waals surface area contributed by atoms with E-state index in [1.54, 1.807) is 16.9 Å². The van der Waals surface area contributed by atoms with Gasteiger partial charge < -0.3 is 9.64 Å². The SMILES string of the molecule is Cc1ccccc1C(=O)N1CCO[C@@H](c2nnn3cc(-c4ccncc4)ccc23)C1. The minimum absolute atomic E-state index is 0.0258. The zero-order valence-electron chi connectivity index (χ0n) is 16.6. The summed E-state index contributed by atoms with van der Waals surface area (Å²) in [6.07, 6.45) is 5.17. The van der Waals surface area contributed by atoms with Gasteiger partial charge in [-0.05, 0) is 42.3 Å². The average molecular weight is 399 g/mol. The van der Waals surface area contributed by atoms with Crippen molar-refractivity contribution in [3.05, 3.63) is 83.9 Å². The molecule has 1 saturated heterocycles. The Hall–Kier alpha value is -3.58. The molecule has 150 valence electrons. The summed E-state index contributed by atoms with van der Waals surface area (Å²) >= 11 is 0. The standard InChI is InChI=1S/C23H21N5O2/c1-16-4-2-3-5-19(16)23(29)27-12-13-30-21(15-27)22-20-7-6-18(14-28(20)26-25-22)17-8-10-24-11-9-17/h2-11,14,21H,12-13,15H2,1H3/t21-/m1/s1. The lowest BCUT2D eigenvalue weighted by atomic mass is 10.1. The predicted molar refractivity (Wildman–Crippen MR) is 112 cm³/mol. The highest BCUT2D eigenvalue weighted by Crippen LogP contribution is 2.27. The molecule has 0 radical (unpaired) electrons. The van der Waals surface area contributed by atoms with Gasteiger partial charge in [0.25, 0.3) is 5.91 Å². The summed E-state index contributed by atoms with van der Waals surface area (Å²) in [6, 6.07) is 15.6. The monoisotopic (exact) mass is 399 g/mol. The number of aromatic nitrogens is 4. The molecule has 0 unspecified atom stereocenters. The van der Waals surface area contributed by atoms with Gasteiger partial charge in [-0.1, -0.05) is 29.5 Å². The number of morpholine rings is 1. The van der Waals surface area contributed by atoms with Gasteiger partial charge in [0.2, 0.25) is 0 Å². The summed E-state index contributed by atoms with van der Waals surface area (Å²) in [7, 11) is 0. The maximum absolute atomic E-state index is 13.0. The van der Waals surface area contributed by atoms with Crippen molar-refractivity contribution in [1.82, 2.24) is 24.7 Å². The van der Waals surface area contributed by atoms with E-state index in [2.05, 4.69) is 15.3 Å². The normalized spacial score (nSPS) is 16.7. The number of fused-ring (bicyclic) bond motifs is 1. The third-order valence-electron chi connectivity index (χ3n) is 5.49. The first-order valence-corrected chi connectivity index (χ1v) is 9.92. The Labute approximate surface area is 173 Å². The van der Waals surface area contributed by atoms with E-state index in [0.29, 0.717) is 19.7 Å². The van der Waals surface area contributed by atoms with Gasteiger partial charge >= 0.3 is 0 Å². The fourth-order valence-corrected chi connectivity index (χ4v) is 3.84. The fraction of sp³-hybridized carbons (Fsp3) is 0.217. The van der Waals surface area contributed by atoms with E-state index < -0.39 is 0 Å². The molecule has 1 aromatic carbocycles. The molecular formula is C23H21N5O2. The van der Waals surface area contributed by atoms with Crippen LogP contribution in [0.3, 0.4) is 0 Å². The number of hydrogen-bond acceptors (Lipinski definition) is 5. The number of carbonyl (C=O) groups excluding carboxylic acids is 1. The van der Waals surface area contributed by atoms with Crippen LogP contribution >= 0.6 is 0 Å². The Morgan fingerprint density at radius 3 is 2.73 bits per heavy atom. The zero-order valence-corrected chi connectivity index (χ0v) is 16.6. The molecule has 0 saturated carbocycles. The van der Waals surface area contributed by atoms with Gasteiger partial charge in [-0.3, -0.25) is 9.78 Å². The number of nitrogens with zero attached hydrogens (tertiary/aromatic N) is 5. The predicted octanol–water partition coefficient (Wildman–Crippen LogP) is 3.31. The molecular weight excluding hydrogens is 378 g/mol. The van der Waals surface area contributed by atoms with Crippen LogP contribution in [0.25, 0.3) is 16.6 Å². The molecule has 30 heavy (non-hydrogen) atoms. The molecule has 1 aliphatic rings. The van der Waals surface area contributed by atoms with E-state index in [9.17, 15) is 4.79 Å². The molecule has 1 atom stereocenters. The lowest BCUT2D eigenvalue weighted by molar-refractivity contribution is -0.0241. The molecule has 1 aliphatic heterocycles. The van der Waals surface area contributed by atoms with E-state index in [1.807, 2.05) is 66.6 Å². The van der Waals surface area contributed by atoms with Crippen LogP contribution < -0.4 is 0 Å². The summed E-state index contributed by atoms with van der Waals surface area (Å²) < 4.78 is 7.73. The van der Waals surface area contributed by atoms with Gasteiger partial charge in [-0.15, -0.1) is 5.10 Å². The van der Waals surface area contributed by atoms with Crippen LogP contribution in [0.2, 0.25) is 0 Å². The van der Waals surface area contributed by atoms with Crippen molar-refractivity contribution in [2.75, 3.05) is 19.7 Å². The molecule has 1 fully saturated rings. The Balaban J connectivity index is 1.41. The molecule has 0 spiro atoms. The molecule has 5 rings (SSSR count). The number of pyridine rings is 2. The number of hydrogen-bond donors (Lipinski definition) is 0. The first-order valence-electron chi connectivity index (χ1n) is 9.92. The van der Waals surface area contributed by atoms with Gasteiger partial charge in [-0.2, -0.15) is 0 Å². The highest BCUT2D eigenvalue weighted by atomic mass is 16.5. The van der Waals surface area contributed by atoms with Crippen molar-refractivity contribution in [1.29, 1.82) is 0 Å². The summed E-state index contributed by atoms with van der Waals surface area (Å²) in [6.45, 7) is 3.44. The third-order valence-corrected chi connectivity index (χ3v) is 5.49. The van der Waals surface area contributed by atoms with Crippen molar-refractivity contribution >= 4 is 11.4 Å². The number of ether oxygens (including phenoxy) is 1. The van der Waals surface area contributed by atoms with Gasteiger partial charge in [0, 0.05) is 36.3 Å². The molecule has 7 nitrogen and oxygen atoms in total. The number of amides is 1. The number of benzene rings is 1. The third kappa shape index (κ3) is 3.33. The van der Waals surface area contributed by atoms with Crippen LogP contribution in [-0.4, -0.2) is 50.3 Å². The van der Waals surface area contributed by atoms with Gasteiger partial charge in [0.05, 0.1) is 18.7 Å². The average Bonchev–Trinajstić information content (AvgIpc) is 3.23. The quantitative estimate of drug-likeness (QED) is 0.528. The largest absolute Gasteiger partial charge is 0.368 e. The summed E-state index contributed by atoms with van der Waals surface area (Å²) in [5.41, 5.74) is 5.42. The summed E-state index contributed by atoms with van der Waals surface area (Å²) in [5, 5.41) is 8.67. The summed E-state index contributed by atoms with van der Waals surface area (Å²) in [4.78, 5) is 18.9. The highest BCUT2D eigenvalue weighted by Gasteiger charge is 2.29. The minimum atomic E-state index is -0.309. The van der Waals surface area contributed by atoms with E-state index in [0.717, 1.165) is 33.5 Å². The molecule has 0 bridgehead atoms. The first kappa shape index (κ1) is 18.4. The van der Waals surface area contributed by atoms with Crippen molar-refractivity contribution in [2.24, 2.45) is 0 Å². The van der Waals surface area contributed by atoms with Crippen molar-refractivity contribution < 1.29 is 9.53 Å². The molecule has 7 heteroatoms. The van der Waals surface area contributed by atoms with E-state index >= 15 is 0 Å². The first-order chi connectivity index (χ1) is 14.7. The molecule has 0 N–H and O–H groups in total. The van der Waals surface area contributed by atoms with E-state index in [-0.39, 0.29) is 12.0 Å². The maximum atomic E-state index is 13.0. The lowest BCUT2D eigenvalue weighted by Crippen LogP contribution is -2.42. The Kier molecular flexibility index (Phi) is 4.72. The van der Waals surface area contributed by atoms with Crippen molar-refractivity contribution in [3.8, 4) is 11.1 Å². The molecule has 4 heterocycles. The van der Waals surface area contributed by atoms with Crippen molar-refractivity contribution in [2.45, 2.75) is 13.0 Å². The van der Waals surface area contributed by atoms with Crippen LogP contribution in [0.4, 0.5) is 0 Å². The Morgan fingerprint density at radius 2 is 1.90 bits per heavy atom. The topological polar surface area (TPSA) is 72.6 Å². The zero-order chi connectivity index (χ0) is 20.5. The Bertz CT molecular complexity index is 1200. The van der Waals surface area contributed by atoms with Gasteiger partial charge in [0.15, 0.2) is 0 Å². The van der Waals surface area contributed by atoms with Crippen molar-refractivity contribution in [3.63, 3.8) is 0 Å². The second-order valence-corrected chi connectivity index (χ2v) is 7.38. The fourth-order valence-electron chi connectivity index (χ4n) is 3.84. The molecule has 4 aromatic rings.